The van der Waals surface area contributed by atoms with Crippen molar-refractivity contribution in [3.8, 4) is 0 Å². The van der Waals surface area contributed by atoms with Gasteiger partial charge in [0.25, 0.3) is 0 Å². The van der Waals surface area contributed by atoms with E-state index >= 15 is 0 Å². The summed E-state index contributed by atoms with van der Waals surface area (Å²) in [6.07, 6.45) is 1.58. The van der Waals surface area contributed by atoms with Crippen molar-refractivity contribution in [1.29, 1.82) is 0 Å². The summed E-state index contributed by atoms with van der Waals surface area (Å²) in [7, 11) is 3.51. The van der Waals surface area contributed by atoms with Gasteiger partial charge in [-0.2, -0.15) is 0 Å². The Morgan fingerprint density at radius 2 is 1.92 bits per heavy atom. The van der Waals surface area contributed by atoms with Gasteiger partial charge in [0.1, 0.15) is 5.82 Å². The molecular weight excluding hydrogens is 337 g/mol. The minimum absolute atomic E-state index is 0.0701. The highest BCUT2D eigenvalue weighted by molar-refractivity contribution is 5.82. The van der Waals surface area contributed by atoms with Crippen LogP contribution in [-0.4, -0.2) is 62.1 Å². The Kier molecular flexibility index (Phi) is 5.46. The van der Waals surface area contributed by atoms with Crippen LogP contribution in [0, 0.1) is 17.2 Å². The van der Waals surface area contributed by atoms with Gasteiger partial charge in [-0.25, -0.2) is 9.18 Å². The summed E-state index contributed by atoms with van der Waals surface area (Å²) in [4.78, 5) is 28.7. The number of hydrogen-bond acceptors (Lipinski definition) is 3. The minimum Gasteiger partial charge on any atom is -0.381 e. The van der Waals surface area contributed by atoms with Crippen LogP contribution < -0.4 is 5.32 Å². The second kappa shape index (κ2) is 7.61. The predicted molar refractivity (Wildman–Crippen MR) is 94.9 cm³/mol. The van der Waals surface area contributed by atoms with Crippen LogP contribution in [0.1, 0.15) is 18.4 Å². The monoisotopic (exact) mass is 363 g/mol. The molecule has 0 aliphatic carbocycles. The first-order valence-corrected chi connectivity index (χ1v) is 8.97. The quantitative estimate of drug-likeness (QED) is 0.892. The zero-order valence-corrected chi connectivity index (χ0v) is 15.3. The molecule has 0 saturated carbocycles. The molecule has 1 unspecified atom stereocenters. The molecule has 6 nitrogen and oxygen atoms in total. The molecule has 0 aromatic heterocycles. The van der Waals surface area contributed by atoms with Crippen molar-refractivity contribution in [2.75, 3.05) is 40.4 Å². The topological polar surface area (TPSA) is 61.9 Å². The summed E-state index contributed by atoms with van der Waals surface area (Å²) in [6, 6.07) is 5.87. The number of carbonyl (C=O) groups is 2. The van der Waals surface area contributed by atoms with Crippen LogP contribution >= 0.6 is 0 Å². The number of halogens is 1. The van der Waals surface area contributed by atoms with Gasteiger partial charge >= 0.3 is 6.03 Å². The maximum atomic E-state index is 13.0. The van der Waals surface area contributed by atoms with E-state index in [-0.39, 0.29) is 29.1 Å². The Morgan fingerprint density at radius 1 is 1.27 bits per heavy atom. The van der Waals surface area contributed by atoms with Crippen molar-refractivity contribution in [2.24, 2.45) is 11.3 Å². The summed E-state index contributed by atoms with van der Waals surface area (Å²) in [5.74, 6) is -0.426. The Morgan fingerprint density at radius 3 is 2.54 bits per heavy atom. The van der Waals surface area contributed by atoms with Crippen LogP contribution in [0.3, 0.4) is 0 Å². The Labute approximate surface area is 153 Å². The van der Waals surface area contributed by atoms with Crippen molar-refractivity contribution >= 4 is 11.9 Å². The summed E-state index contributed by atoms with van der Waals surface area (Å²) >= 11 is 0. The summed E-state index contributed by atoms with van der Waals surface area (Å²) in [5.41, 5.74) is 0.632. The SMILES string of the molecule is CN(C)C(=O)C1CN(C(=O)NCc2ccc(F)cc2)CC12CCOCC2. The third kappa shape index (κ3) is 3.82. The first-order chi connectivity index (χ1) is 12.4. The van der Waals surface area contributed by atoms with E-state index in [1.54, 1.807) is 36.0 Å². The Hall–Kier alpha value is -2.15. The molecule has 0 radical (unpaired) electrons. The van der Waals surface area contributed by atoms with E-state index in [9.17, 15) is 14.0 Å². The van der Waals surface area contributed by atoms with E-state index in [1.165, 1.54) is 12.1 Å². The lowest BCUT2D eigenvalue weighted by atomic mass is 9.71. The lowest BCUT2D eigenvalue weighted by Gasteiger charge is -2.37. The maximum Gasteiger partial charge on any atom is 0.317 e. The van der Waals surface area contributed by atoms with Crippen LogP contribution in [0.2, 0.25) is 0 Å². The Bertz CT molecular complexity index is 656. The highest BCUT2D eigenvalue weighted by atomic mass is 19.1. The number of benzene rings is 1. The number of ether oxygens (including phenoxy) is 1. The number of nitrogens with one attached hydrogen (secondary N) is 1. The van der Waals surface area contributed by atoms with Gasteiger partial charge < -0.3 is 19.9 Å². The third-order valence-electron chi connectivity index (χ3n) is 5.52. The van der Waals surface area contributed by atoms with Crippen molar-refractivity contribution in [3.63, 3.8) is 0 Å². The molecule has 0 bridgehead atoms. The fraction of sp³-hybridized carbons (Fsp3) is 0.579. The number of carbonyl (C=O) groups excluding carboxylic acids is 2. The third-order valence-corrected chi connectivity index (χ3v) is 5.52. The number of rotatable bonds is 3. The van der Waals surface area contributed by atoms with Crippen LogP contribution in [0.15, 0.2) is 24.3 Å². The molecule has 7 heteroatoms. The summed E-state index contributed by atoms with van der Waals surface area (Å²) in [5, 5.41) is 2.88. The first-order valence-electron chi connectivity index (χ1n) is 8.97. The maximum absolute atomic E-state index is 13.0. The van der Waals surface area contributed by atoms with E-state index in [4.69, 9.17) is 4.74 Å². The molecule has 1 aromatic carbocycles. The standard InChI is InChI=1S/C19H26FN3O3/c1-22(2)17(24)16-12-23(13-19(16)7-9-26-10-8-19)18(25)21-11-14-3-5-15(20)6-4-14/h3-6,16H,7-13H2,1-2H3,(H,21,25). The summed E-state index contributed by atoms with van der Waals surface area (Å²) < 4.78 is 18.5. The van der Waals surface area contributed by atoms with E-state index in [1.807, 2.05) is 0 Å². The average molecular weight is 363 g/mol. The lowest BCUT2D eigenvalue weighted by Crippen LogP contribution is -2.44. The molecule has 2 heterocycles. The molecule has 2 saturated heterocycles. The highest BCUT2D eigenvalue weighted by Crippen LogP contribution is 2.44. The van der Waals surface area contributed by atoms with Crippen LogP contribution in [-0.2, 0) is 16.1 Å². The van der Waals surface area contributed by atoms with Crippen molar-refractivity contribution < 1.29 is 18.7 Å². The fourth-order valence-electron chi connectivity index (χ4n) is 3.95. The molecule has 2 aliphatic rings. The van der Waals surface area contributed by atoms with E-state index < -0.39 is 0 Å². The second-order valence-electron chi connectivity index (χ2n) is 7.43. The predicted octanol–water partition coefficient (Wildman–Crippen LogP) is 1.85. The number of amides is 3. The van der Waals surface area contributed by atoms with E-state index in [2.05, 4.69) is 5.32 Å². The van der Waals surface area contributed by atoms with Gasteiger partial charge in [-0.1, -0.05) is 12.1 Å². The number of likely N-dealkylation sites (tertiary alicyclic amines) is 1. The molecule has 2 aliphatic heterocycles. The van der Waals surface area contributed by atoms with Gasteiger partial charge in [0, 0.05) is 52.4 Å². The van der Waals surface area contributed by atoms with E-state index in [0.717, 1.165) is 18.4 Å². The molecular formula is C19H26FN3O3. The van der Waals surface area contributed by atoms with Gasteiger partial charge in [-0.3, -0.25) is 4.79 Å². The largest absolute Gasteiger partial charge is 0.381 e. The first kappa shape index (κ1) is 18.6. The number of nitrogens with zero attached hydrogens (tertiary/aromatic N) is 2. The van der Waals surface area contributed by atoms with Crippen molar-refractivity contribution in [1.82, 2.24) is 15.1 Å². The normalized spacial score (nSPS) is 21.7. The van der Waals surface area contributed by atoms with Crippen molar-refractivity contribution in [3.05, 3.63) is 35.6 Å². The van der Waals surface area contributed by atoms with Gasteiger partial charge in [0.15, 0.2) is 0 Å². The molecule has 26 heavy (non-hydrogen) atoms. The number of hydrogen-bond donors (Lipinski definition) is 1. The van der Waals surface area contributed by atoms with Crippen LogP contribution in [0.5, 0.6) is 0 Å². The fourth-order valence-corrected chi connectivity index (χ4v) is 3.95. The lowest BCUT2D eigenvalue weighted by molar-refractivity contribution is -0.138. The number of urea groups is 1. The minimum atomic E-state index is -0.300. The highest BCUT2D eigenvalue weighted by Gasteiger charge is 2.52. The van der Waals surface area contributed by atoms with Gasteiger partial charge in [-0.05, 0) is 30.5 Å². The van der Waals surface area contributed by atoms with Crippen molar-refractivity contribution in [2.45, 2.75) is 19.4 Å². The second-order valence-corrected chi connectivity index (χ2v) is 7.43. The van der Waals surface area contributed by atoms with Crippen LogP contribution in [0.4, 0.5) is 9.18 Å². The van der Waals surface area contributed by atoms with E-state index in [0.29, 0.717) is 32.8 Å². The molecule has 1 N–H and O–H groups in total. The molecule has 1 aromatic rings. The average Bonchev–Trinajstić information content (AvgIpc) is 2.99. The Balaban J connectivity index is 1.67. The molecule has 1 atom stereocenters. The molecule has 1 spiro atoms. The zero-order valence-electron chi connectivity index (χ0n) is 15.3. The van der Waals surface area contributed by atoms with Gasteiger partial charge in [0.2, 0.25) is 5.91 Å². The molecule has 3 amide bonds. The molecule has 3 rings (SSSR count). The van der Waals surface area contributed by atoms with Gasteiger partial charge in [0.05, 0.1) is 5.92 Å². The summed E-state index contributed by atoms with van der Waals surface area (Å²) in [6.45, 7) is 2.57. The zero-order chi connectivity index (χ0) is 18.7. The smallest absolute Gasteiger partial charge is 0.317 e. The molecule has 142 valence electrons. The van der Waals surface area contributed by atoms with Crippen LogP contribution in [0.25, 0.3) is 0 Å². The van der Waals surface area contributed by atoms with Gasteiger partial charge in [-0.15, -0.1) is 0 Å². The molecule has 2 fully saturated rings.